The Kier molecular flexibility index (Phi) is 3.76. The van der Waals surface area contributed by atoms with Crippen LogP contribution in [-0.2, 0) is 6.18 Å². The first kappa shape index (κ1) is 14.5. The molecule has 0 aliphatic rings. The summed E-state index contributed by atoms with van der Waals surface area (Å²) in [5, 5.41) is 0.289. The molecule has 1 heterocycles. The third kappa shape index (κ3) is 2.96. The highest BCUT2D eigenvalue weighted by Crippen LogP contribution is 2.32. The number of halogens is 5. The summed E-state index contributed by atoms with van der Waals surface area (Å²) in [5.41, 5.74) is -1.86. The fourth-order valence-corrected chi connectivity index (χ4v) is 1.65. The standard InChI is InChI=1S/C13H6ClF4NO/c14-8-2-4-11(19-6-8)12(20)7-1-3-10(15)9(5-7)13(16,17)18/h1-6H. The van der Waals surface area contributed by atoms with Gasteiger partial charge in [0.25, 0.3) is 0 Å². The second-order valence-electron chi connectivity index (χ2n) is 3.88. The number of ketones is 1. The summed E-state index contributed by atoms with van der Waals surface area (Å²) < 4.78 is 50.8. The molecule has 0 aliphatic heterocycles. The van der Waals surface area contributed by atoms with Crippen molar-refractivity contribution in [2.24, 2.45) is 0 Å². The summed E-state index contributed by atoms with van der Waals surface area (Å²) >= 11 is 5.60. The molecule has 1 aromatic carbocycles. The van der Waals surface area contributed by atoms with Crippen molar-refractivity contribution in [3.05, 3.63) is 64.2 Å². The average Bonchev–Trinajstić information content (AvgIpc) is 2.38. The highest BCUT2D eigenvalue weighted by atomic mass is 35.5. The number of rotatable bonds is 2. The van der Waals surface area contributed by atoms with E-state index in [2.05, 4.69) is 4.98 Å². The molecule has 7 heteroatoms. The second-order valence-corrected chi connectivity index (χ2v) is 4.32. The van der Waals surface area contributed by atoms with Gasteiger partial charge < -0.3 is 0 Å². The van der Waals surface area contributed by atoms with Gasteiger partial charge in [-0.05, 0) is 30.3 Å². The van der Waals surface area contributed by atoms with Gasteiger partial charge in [-0.3, -0.25) is 9.78 Å². The first-order chi connectivity index (χ1) is 9.29. The van der Waals surface area contributed by atoms with Crippen LogP contribution in [0.3, 0.4) is 0 Å². The average molecular weight is 304 g/mol. The monoisotopic (exact) mass is 303 g/mol. The zero-order chi connectivity index (χ0) is 14.9. The molecule has 2 rings (SSSR count). The van der Waals surface area contributed by atoms with Gasteiger partial charge in [0.05, 0.1) is 10.6 Å². The summed E-state index contributed by atoms with van der Waals surface area (Å²) in [6.45, 7) is 0. The van der Waals surface area contributed by atoms with Gasteiger partial charge in [0.1, 0.15) is 11.5 Å². The maximum absolute atomic E-state index is 13.1. The van der Waals surface area contributed by atoms with Crippen molar-refractivity contribution in [2.75, 3.05) is 0 Å². The van der Waals surface area contributed by atoms with Crippen molar-refractivity contribution in [3.63, 3.8) is 0 Å². The number of hydrogen-bond acceptors (Lipinski definition) is 2. The van der Waals surface area contributed by atoms with Crippen LogP contribution in [0.1, 0.15) is 21.6 Å². The van der Waals surface area contributed by atoms with E-state index in [1.165, 1.54) is 18.3 Å². The van der Waals surface area contributed by atoms with Gasteiger partial charge >= 0.3 is 6.18 Å². The van der Waals surface area contributed by atoms with Crippen molar-refractivity contribution in [1.82, 2.24) is 4.98 Å². The van der Waals surface area contributed by atoms with Crippen molar-refractivity contribution in [1.29, 1.82) is 0 Å². The molecular formula is C13H6ClF4NO. The minimum atomic E-state index is -4.87. The van der Waals surface area contributed by atoms with Gasteiger partial charge in [-0.1, -0.05) is 11.6 Å². The summed E-state index contributed by atoms with van der Waals surface area (Å²) in [6.07, 6.45) is -3.67. The van der Waals surface area contributed by atoms with Gasteiger partial charge in [0.2, 0.25) is 5.78 Å². The van der Waals surface area contributed by atoms with E-state index in [-0.39, 0.29) is 16.3 Å². The Bertz CT molecular complexity index is 652. The zero-order valence-corrected chi connectivity index (χ0v) is 10.5. The third-order valence-corrected chi connectivity index (χ3v) is 2.72. The van der Waals surface area contributed by atoms with Crippen LogP contribution in [0.15, 0.2) is 36.5 Å². The Labute approximate surface area is 116 Å². The quantitative estimate of drug-likeness (QED) is 0.617. The Hall–Kier alpha value is -1.95. The van der Waals surface area contributed by atoms with Crippen LogP contribution in [0, 0.1) is 5.82 Å². The molecule has 0 saturated heterocycles. The molecule has 0 radical (unpaired) electrons. The second kappa shape index (κ2) is 5.20. The number of carbonyl (C=O) groups excluding carboxylic acids is 1. The highest BCUT2D eigenvalue weighted by Gasteiger charge is 2.34. The topological polar surface area (TPSA) is 30.0 Å². The minimum Gasteiger partial charge on any atom is -0.287 e. The van der Waals surface area contributed by atoms with Crippen LogP contribution < -0.4 is 0 Å². The molecule has 0 fully saturated rings. The lowest BCUT2D eigenvalue weighted by Gasteiger charge is -2.09. The Morgan fingerprint density at radius 1 is 1.15 bits per heavy atom. The summed E-state index contributed by atoms with van der Waals surface area (Å²) in [5.74, 6) is -2.18. The molecule has 20 heavy (non-hydrogen) atoms. The molecule has 0 atom stereocenters. The Morgan fingerprint density at radius 3 is 2.40 bits per heavy atom. The first-order valence-corrected chi connectivity index (χ1v) is 5.70. The Morgan fingerprint density at radius 2 is 1.85 bits per heavy atom. The summed E-state index contributed by atoms with van der Waals surface area (Å²) in [6, 6.07) is 4.71. The third-order valence-electron chi connectivity index (χ3n) is 2.49. The molecule has 0 amide bonds. The number of aromatic nitrogens is 1. The van der Waals surface area contributed by atoms with E-state index in [9.17, 15) is 22.4 Å². The zero-order valence-electron chi connectivity index (χ0n) is 9.71. The van der Waals surface area contributed by atoms with E-state index in [0.29, 0.717) is 12.1 Å². The molecule has 0 bridgehead atoms. The van der Waals surface area contributed by atoms with E-state index in [1.54, 1.807) is 0 Å². The molecule has 0 aliphatic carbocycles. The first-order valence-electron chi connectivity index (χ1n) is 5.32. The van der Waals surface area contributed by atoms with E-state index in [0.717, 1.165) is 6.07 Å². The van der Waals surface area contributed by atoms with Gasteiger partial charge in [0, 0.05) is 11.8 Å². The van der Waals surface area contributed by atoms with E-state index >= 15 is 0 Å². The summed E-state index contributed by atoms with van der Waals surface area (Å²) in [4.78, 5) is 15.7. The number of pyridine rings is 1. The van der Waals surface area contributed by atoms with Crippen molar-refractivity contribution >= 4 is 17.4 Å². The number of carbonyl (C=O) groups is 1. The van der Waals surface area contributed by atoms with E-state index in [1.807, 2.05) is 0 Å². The number of hydrogen-bond donors (Lipinski definition) is 0. The lowest BCUT2D eigenvalue weighted by molar-refractivity contribution is -0.140. The molecule has 2 nitrogen and oxygen atoms in total. The maximum atomic E-state index is 13.1. The number of alkyl halides is 3. The number of nitrogens with zero attached hydrogens (tertiary/aromatic N) is 1. The molecule has 0 spiro atoms. The Balaban J connectivity index is 2.43. The lowest BCUT2D eigenvalue weighted by atomic mass is 10.0. The van der Waals surface area contributed by atoms with Crippen LogP contribution in [-0.4, -0.2) is 10.8 Å². The van der Waals surface area contributed by atoms with Crippen molar-refractivity contribution in [2.45, 2.75) is 6.18 Å². The normalized spacial score (nSPS) is 11.4. The van der Waals surface area contributed by atoms with E-state index < -0.39 is 23.3 Å². The molecule has 0 unspecified atom stereocenters. The smallest absolute Gasteiger partial charge is 0.287 e. The van der Waals surface area contributed by atoms with Crippen LogP contribution in [0.25, 0.3) is 0 Å². The molecule has 2 aromatic rings. The van der Waals surface area contributed by atoms with Crippen LogP contribution in [0.5, 0.6) is 0 Å². The molecule has 104 valence electrons. The van der Waals surface area contributed by atoms with Gasteiger partial charge in [0.15, 0.2) is 0 Å². The fourth-order valence-electron chi connectivity index (χ4n) is 1.54. The van der Waals surface area contributed by atoms with Gasteiger partial charge in [-0.15, -0.1) is 0 Å². The van der Waals surface area contributed by atoms with E-state index in [4.69, 9.17) is 11.6 Å². The predicted octanol–water partition coefficient (Wildman–Crippen LogP) is 4.12. The minimum absolute atomic E-state index is 0.0749. The molecule has 0 saturated carbocycles. The lowest BCUT2D eigenvalue weighted by Crippen LogP contribution is -2.11. The van der Waals surface area contributed by atoms with Gasteiger partial charge in [-0.25, -0.2) is 4.39 Å². The van der Waals surface area contributed by atoms with Crippen molar-refractivity contribution < 1.29 is 22.4 Å². The van der Waals surface area contributed by atoms with Crippen LogP contribution >= 0.6 is 11.6 Å². The molecule has 1 aromatic heterocycles. The van der Waals surface area contributed by atoms with Gasteiger partial charge in [-0.2, -0.15) is 13.2 Å². The fraction of sp³-hybridized carbons (Fsp3) is 0.0769. The predicted molar refractivity (Wildman–Crippen MR) is 64.1 cm³/mol. The van der Waals surface area contributed by atoms with Crippen molar-refractivity contribution in [3.8, 4) is 0 Å². The SMILES string of the molecule is O=C(c1ccc(F)c(C(F)(F)F)c1)c1ccc(Cl)cn1. The molecular weight excluding hydrogens is 298 g/mol. The highest BCUT2D eigenvalue weighted by molar-refractivity contribution is 6.30. The van der Waals surface area contributed by atoms with Crippen LogP contribution in [0.2, 0.25) is 5.02 Å². The number of benzene rings is 1. The summed E-state index contributed by atoms with van der Waals surface area (Å²) in [7, 11) is 0. The maximum Gasteiger partial charge on any atom is 0.419 e. The largest absolute Gasteiger partial charge is 0.419 e. The molecule has 0 N–H and O–H groups in total. The van der Waals surface area contributed by atoms with Crippen LogP contribution in [0.4, 0.5) is 17.6 Å².